The van der Waals surface area contributed by atoms with Crippen molar-refractivity contribution in [1.82, 2.24) is 15.1 Å². The van der Waals surface area contributed by atoms with E-state index in [1.54, 1.807) is 0 Å². The molecular formula is C18H36N4O2. The minimum atomic E-state index is 0.309. The summed E-state index contributed by atoms with van der Waals surface area (Å²) in [5.41, 5.74) is 0. The summed E-state index contributed by atoms with van der Waals surface area (Å²) in [6.45, 7) is 13.3. The molecule has 140 valence electrons. The van der Waals surface area contributed by atoms with E-state index in [0.717, 1.165) is 64.2 Å². The molecule has 2 atom stereocenters. The fourth-order valence-corrected chi connectivity index (χ4v) is 3.58. The molecule has 2 aliphatic rings. The minimum Gasteiger partial charge on any atom is -0.377 e. The van der Waals surface area contributed by atoms with Crippen molar-refractivity contribution >= 4 is 5.96 Å². The van der Waals surface area contributed by atoms with Crippen LogP contribution in [0.25, 0.3) is 0 Å². The molecule has 2 unspecified atom stereocenters. The second-order valence-corrected chi connectivity index (χ2v) is 6.77. The average Bonchev–Trinajstić information content (AvgIpc) is 3.28. The highest BCUT2D eigenvalue weighted by molar-refractivity contribution is 5.80. The standard InChI is InChI=1S/C18H36N4O2/c1-4-21(5-2)13-16-8-10-22(14-16)18(19-3)20-9-12-23-15-17-7-6-11-24-17/h16-17H,4-15H2,1-3H3,(H,19,20). The largest absolute Gasteiger partial charge is 0.377 e. The van der Waals surface area contributed by atoms with E-state index in [4.69, 9.17) is 9.47 Å². The first-order valence-electron chi connectivity index (χ1n) is 9.64. The number of hydrogen-bond acceptors (Lipinski definition) is 4. The highest BCUT2D eigenvalue weighted by atomic mass is 16.5. The fraction of sp³-hybridized carbons (Fsp3) is 0.944. The number of hydrogen-bond donors (Lipinski definition) is 1. The van der Waals surface area contributed by atoms with Gasteiger partial charge in [0.1, 0.15) is 0 Å². The molecule has 0 aromatic carbocycles. The maximum Gasteiger partial charge on any atom is 0.193 e. The Morgan fingerprint density at radius 2 is 2.17 bits per heavy atom. The van der Waals surface area contributed by atoms with Crippen molar-refractivity contribution in [3.8, 4) is 0 Å². The van der Waals surface area contributed by atoms with Crippen LogP contribution in [-0.2, 0) is 9.47 Å². The van der Waals surface area contributed by atoms with Crippen LogP contribution < -0.4 is 5.32 Å². The lowest BCUT2D eigenvalue weighted by atomic mass is 10.1. The summed E-state index contributed by atoms with van der Waals surface area (Å²) in [4.78, 5) is 9.34. The molecule has 2 heterocycles. The van der Waals surface area contributed by atoms with Crippen LogP contribution in [-0.4, -0.2) is 88.0 Å². The third-order valence-corrected chi connectivity index (χ3v) is 5.07. The molecular weight excluding hydrogens is 304 g/mol. The molecule has 6 heteroatoms. The van der Waals surface area contributed by atoms with E-state index < -0.39 is 0 Å². The van der Waals surface area contributed by atoms with E-state index in [9.17, 15) is 0 Å². The number of likely N-dealkylation sites (tertiary alicyclic amines) is 1. The summed E-state index contributed by atoms with van der Waals surface area (Å²) in [7, 11) is 1.87. The van der Waals surface area contributed by atoms with Crippen LogP contribution in [0.3, 0.4) is 0 Å². The Labute approximate surface area is 147 Å². The third-order valence-electron chi connectivity index (χ3n) is 5.07. The molecule has 0 aliphatic carbocycles. The molecule has 0 amide bonds. The summed E-state index contributed by atoms with van der Waals surface area (Å²) >= 11 is 0. The Bertz CT molecular complexity index is 368. The van der Waals surface area contributed by atoms with Gasteiger partial charge in [-0.3, -0.25) is 4.99 Å². The van der Waals surface area contributed by atoms with Gasteiger partial charge in [0.05, 0.1) is 19.3 Å². The van der Waals surface area contributed by atoms with Crippen LogP contribution in [0.5, 0.6) is 0 Å². The zero-order valence-corrected chi connectivity index (χ0v) is 15.8. The van der Waals surface area contributed by atoms with Crippen LogP contribution in [0.4, 0.5) is 0 Å². The van der Waals surface area contributed by atoms with Gasteiger partial charge in [-0.05, 0) is 38.3 Å². The maximum absolute atomic E-state index is 5.71. The zero-order valence-electron chi connectivity index (χ0n) is 15.8. The van der Waals surface area contributed by atoms with E-state index in [-0.39, 0.29) is 0 Å². The topological polar surface area (TPSA) is 49.3 Å². The lowest BCUT2D eigenvalue weighted by molar-refractivity contribution is 0.0190. The van der Waals surface area contributed by atoms with Gasteiger partial charge < -0.3 is 24.6 Å². The van der Waals surface area contributed by atoms with E-state index in [1.807, 2.05) is 7.05 Å². The molecule has 0 aromatic heterocycles. The second-order valence-electron chi connectivity index (χ2n) is 6.77. The van der Waals surface area contributed by atoms with Crippen molar-refractivity contribution in [3.63, 3.8) is 0 Å². The van der Waals surface area contributed by atoms with Crippen LogP contribution in [0.1, 0.15) is 33.1 Å². The summed E-state index contributed by atoms with van der Waals surface area (Å²) in [6.07, 6.45) is 3.87. The molecule has 0 saturated carbocycles. The first-order valence-corrected chi connectivity index (χ1v) is 9.64. The smallest absolute Gasteiger partial charge is 0.193 e. The Kier molecular flexibility index (Phi) is 8.84. The first kappa shape index (κ1) is 19.5. The summed E-state index contributed by atoms with van der Waals surface area (Å²) in [5, 5.41) is 3.44. The van der Waals surface area contributed by atoms with Gasteiger partial charge in [0.2, 0.25) is 0 Å². The average molecular weight is 341 g/mol. The van der Waals surface area contributed by atoms with Gasteiger partial charge in [-0.1, -0.05) is 13.8 Å². The lowest BCUT2D eigenvalue weighted by Crippen LogP contribution is -2.42. The van der Waals surface area contributed by atoms with Gasteiger partial charge >= 0.3 is 0 Å². The summed E-state index contributed by atoms with van der Waals surface area (Å²) < 4.78 is 11.3. The van der Waals surface area contributed by atoms with Crippen molar-refractivity contribution in [2.24, 2.45) is 10.9 Å². The molecule has 2 aliphatic heterocycles. The molecule has 24 heavy (non-hydrogen) atoms. The number of aliphatic imine (C=N–C) groups is 1. The van der Waals surface area contributed by atoms with Crippen LogP contribution in [0.2, 0.25) is 0 Å². The molecule has 2 saturated heterocycles. The van der Waals surface area contributed by atoms with Gasteiger partial charge in [0.15, 0.2) is 5.96 Å². The molecule has 0 radical (unpaired) electrons. The van der Waals surface area contributed by atoms with Crippen LogP contribution >= 0.6 is 0 Å². The number of nitrogens with one attached hydrogen (secondary N) is 1. The van der Waals surface area contributed by atoms with Gasteiger partial charge in [-0.25, -0.2) is 0 Å². The molecule has 0 spiro atoms. The Morgan fingerprint density at radius 3 is 2.83 bits per heavy atom. The lowest BCUT2D eigenvalue weighted by Gasteiger charge is -2.24. The SMILES string of the molecule is CCN(CC)CC1CCN(C(=NC)NCCOCC2CCCO2)C1. The molecule has 0 bridgehead atoms. The molecule has 1 N–H and O–H groups in total. The third kappa shape index (κ3) is 6.22. The number of guanidine groups is 1. The second kappa shape index (κ2) is 10.9. The Hall–Kier alpha value is -0.850. The Morgan fingerprint density at radius 1 is 1.33 bits per heavy atom. The number of rotatable bonds is 9. The van der Waals surface area contributed by atoms with Gasteiger partial charge in [0.25, 0.3) is 0 Å². The highest BCUT2D eigenvalue weighted by Crippen LogP contribution is 2.17. The highest BCUT2D eigenvalue weighted by Gasteiger charge is 2.25. The van der Waals surface area contributed by atoms with E-state index >= 15 is 0 Å². The van der Waals surface area contributed by atoms with Gasteiger partial charge in [0, 0.05) is 39.8 Å². The van der Waals surface area contributed by atoms with Crippen molar-refractivity contribution in [1.29, 1.82) is 0 Å². The number of ether oxygens (including phenoxy) is 2. The van der Waals surface area contributed by atoms with Gasteiger partial charge in [-0.2, -0.15) is 0 Å². The van der Waals surface area contributed by atoms with Crippen LogP contribution in [0.15, 0.2) is 4.99 Å². The number of nitrogens with zero attached hydrogens (tertiary/aromatic N) is 3. The quantitative estimate of drug-likeness (QED) is 0.391. The molecule has 0 aromatic rings. The van der Waals surface area contributed by atoms with Crippen molar-refractivity contribution in [2.45, 2.75) is 39.2 Å². The molecule has 2 fully saturated rings. The first-order chi connectivity index (χ1) is 11.8. The van der Waals surface area contributed by atoms with E-state index in [2.05, 4.69) is 34.0 Å². The van der Waals surface area contributed by atoms with Crippen molar-refractivity contribution < 1.29 is 9.47 Å². The van der Waals surface area contributed by atoms with E-state index in [1.165, 1.54) is 19.4 Å². The fourth-order valence-electron chi connectivity index (χ4n) is 3.58. The van der Waals surface area contributed by atoms with Crippen molar-refractivity contribution in [2.75, 3.05) is 66.1 Å². The minimum absolute atomic E-state index is 0.309. The van der Waals surface area contributed by atoms with Gasteiger partial charge in [-0.15, -0.1) is 0 Å². The predicted octanol–water partition coefficient (Wildman–Crippen LogP) is 1.42. The van der Waals surface area contributed by atoms with Crippen LogP contribution in [0, 0.1) is 5.92 Å². The summed E-state index contributed by atoms with van der Waals surface area (Å²) in [5.74, 6) is 1.76. The van der Waals surface area contributed by atoms with Crippen molar-refractivity contribution in [3.05, 3.63) is 0 Å². The van der Waals surface area contributed by atoms with E-state index in [0.29, 0.717) is 12.7 Å². The normalized spacial score (nSPS) is 25.0. The zero-order chi connectivity index (χ0) is 17.2. The predicted molar refractivity (Wildman–Crippen MR) is 98.6 cm³/mol. The maximum atomic E-state index is 5.71. The molecule has 2 rings (SSSR count). The molecule has 6 nitrogen and oxygen atoms in total. The Balaban J connectivity index is 1.61. The summed E-state index contributed by atoms with van der Waals surface area (Å²) in [6, 6.07) is 0. The monoisotopic (exact) mass is 340 g/mol.